The molecule has 1 N–H and O–H groups in total. The summed E-state index contributed by atoms with van der Waals surface area (Å²) in [6.45, 7) is 8.45. The molecule has 0 aromatic carbocycles. The van der Waals surface area contributed by atoms with Crippen molar-refractivity contribution in [3.8, 4) is 0 Å². The predicted octanol–water partition coefficient (Wildman–Crippen LogP) is 2.53. The first-order chi connectivity index (χ1) is 13.3. The average Bonchev–Trinajstić information content (AvgIpc) is 3.01. The molecule has 0 unspecified atom stereocenters. The molecule has 2 aliphatic rings. The number of H-pyrrole nitrogens is 1. The number of rotatable bonds is 3. The molecular formula is C21H31N3O4. The summed E-state index contributed by atoms with van der Waals surface area (Å²) < 4.78 is 4.83. The zero-order chi connectivity index (χ0) is 20.4. The number of hydrogen-bond donors (Lipinski definition) is 1. The first-order valence-electron chi connectivity index (χ1n) is 10.2. The number of amides is 2. The van der Waals surface area contributed by atoms with Gasteiger partial charge in [-0.05, 0) is 51.0 Å². The van der Waals surface area contributed by atoms with E-state index in [0.29, 0.717) is 41.5 Å². The van der Waals surface area contributed by atoms with Crippen molar-refractivity contribution >= 4 is 17.8 Å². The van der Waals surface area contributed by atoms with Crippen molar-refractivity contribution in [3.05, 3.63) is 22.5 Å². The highest BCUT2D eigenvalue weighted by Crippen LogP contribution is 2.26. The molecule has 0 aliphatic carbocycles. The van der Waals surface area contributed by atoms with Gasteiger partial charge in [-0.25, -0.2) is 4.79 Å². The summed E-state index contributed by atoms with van der Waals surface area (Å²) in [6, 6.07) is 0. The third-order valence-electron chi connectivity index (χ3n) is 6.19. The van der Waals surface area contributed by atoms with Gasteiger partial charge >= 0.3 is 5.97 Å². The molecule has 0 radical (unpaired) electrons. The number of hydrogen-bond acceptors (Lipinski definition) is 4. The topological polar surface area (TPSA) is 82.7 Å². The van der Waals surface area contributed by atoms with Gasteiger partial charge in [0.2, 0.25) is 5.91 Å². The van der Waals surface area contributed by atoms with E-state index in [4.69, 9.17) is 4.74 Å². The second-order valence-electron chi connectivity index (χ2n) is 8.21. The molecule has 1 aromatic heterocycles. The molecule has 1 aromatic rings. The van der Waals surface area contributed by atoms with Crippen LogP contribution in [0.3, 0.4) is 0 Å². The molecule has 3 rings (SSSR count). The average molecular weight is 389 g/mol. The third-order valence-corrected chi connectivity index (χ3v) is 6.19. The van der Waals surface area contributed by atoms with Gasteiger partial charge < -0.3 is 19.5 Å². The van der Waals surface area contributed by atoms with E-state index in [0.717, 1.165) is 38.8 Å². The number of aryl methyl sites for hydroxylation is 1. The number of nitrogens with zero attached hydrogens (tertiary/aromatic N) is 2. The lowest BCUT2D eigenvalue weighted by Crippen LogP contribution is -2.48. The van der Waals surface area contributed by atoms with E-state index in [2.05, 4.69) is 11.9 Å². The van der Waals surface area contributed by atoms with Crippen LogP contribution in [0.15, 0.2) is 0 Å². The van der Waals surface area contributed by atoms with Crippen LogP contribution in [0.2, 0.25) is 0 Å². The maximum Gasteiger partial charge on any atom is 0.339 e. The van der Waals surface area contributed by atoms with Crippen molar-refractivity contribution in [2.24, 2.45) is 11.8 Å². The van der Waals surface area contributed by atoms with Crippen LogP contribution in [-0.4, -0.2) is 65.9 Å². The van der Waals surface area contributed by atoms with Crippen molar-refractivity contribution in [2.75, 3.05) is 33.3 Å². The van der Waals surface area contributed by atoms with Gasteiger partial charge in [-0.2, -0.15) is 0 Å². The summed E-state index contributed by atoms with van der Waals surface area (Å²) in [7, 11) is 1.33. The van der Waals surface area contributed by atoms with Gasteiger partial charge in [0.15, 0.2) is 0 Å². The molecule has 2 saturated heterocycles. The Labute approximate surface area is 166 Å². The summed E-state index contributed by atoms with van der Waals surface area (Å²) in [5.74, 6) is 0.120. The third kappa shape index (κ3) is 3.93. The fourth-order valence-electron chi connectivity index (χ4n) is 4.38. The molecule has 3 heterocycles. The van der Waals surface area contributed by atoms with Gasteiger partial charge in [-0.1, -0.05) is 6.92 Å². The van der Waals surface area contributed by atoms with Gasteiger partial charge in [0.25, 0.3) is 5.91 Å². The standard InChI is InChI=1S/C21H31N3O4/c1-13-7-10-23(11-8-13)19(25)16-6-5-9-24(12-16)20(26)18-14(2)17(15(3)22-18)21(27)28-4/h13,16,22H,5-12H2,1-4H3/t16-/m1/s1. The Balaban J connectivity index is 1.71. The Morgan fingerprint density at radius 2 is 1.71 bits per heavy atom. The fraction of sp³-hybridized carbons (Fsp3) is 0.667. The van der Waals surface area contributed by atoms with Crippen LogP contribution < -0.4 is 0 Å². The lowest BCUT2D eigenvalue weighted by molar-refractivity contribution is -0.138. The number of likely N-dealkylation sites (tertiary alicyclic amines) is 2. The van der Waals surface area contributed by atoms with Gasteiger partial charge in [-0.3, -0.25) is 9.59 Å². The number of esters is 1. The van der Waals surface area contributed by atoms with Crippen molar-refractivity contribution < 1.29 is 19.1 Å². The van der Waals surface area contributed by atoms with Crippen molar-refractivity contribution in [1.82, 2.24) is 14.8 Å². The lowest BCUT2D eigenvalue weighted by atomic mass is 9.93. The molecule has 0 spiro atoms. The smallest absolute Gasteiger partial charge is 0.339 e. The SMILES string of the molecule is COC(=O)c1c(C)[nH]c(C(=O)N2CCC[C@@H](C(=O)N3CCC(C)CC3)C2)c1C. The molecule has 0 bridgehead atoms. The molecule has 28 heavy (non-hydrogen) atoms. The van der Waals surface area contributed by atoms with E-state index < -0.39 is 5.97 Å². The number of methoxy groups -OCH3 is 1. The Morgan fingerprint density at radius 1 is 1.04 bits per heavy atom. The van der Waals surface area contributed by atoms with Crippen molar-refractivity contribution in [2.45, 2.75) is 46.5 Å². The van der Waals surface area contributed by atoms with E-state index in [1.165, 1.54) is 7.11 Å². The first kappa shape index (κ1) is 20.4. The number of carbonyl (C=O) groups is 3. The Bertz CT molecular complexity index is 762. The van der Waals surface area contributed by atoms with E-state index in [1.807, 2.05) is 4.90 Å². The van der Waals surface area contributed by atoms with Crippen LogP contribution in [0.4, 0.5) is 0 Å². The second-order valence-corrected chi connectivity index (χ2v) is 8.21. The van der Waals surface area contributed by atoms with E-state index >= 15 is 0 Å². The summed E-state index contributed by atoms with van der Waals surface area (Å²) >= 11 is 0. The minimum atomic E-state index is -0.448. The largest absolute Gasteiger partial charge is 0.465 e. The highest BCUT2D eigenvalue weighted by Gasteiger charge is 2.34. The second kappa shape index (κ2) is 8.37. The molecule has 2 amide bonds. The van der Waals surface area contributed by atoms with Gasteiger partial charge in [0.05, 0.1) is 18.6 Å². The quantitative estimate of drug-likeness (QED) is 0.806. The summed E-state index contributed by atoms with van der Waals surface area (Å²) in [4.78, 5) is 44.8. The molecule has 7 nitrogen and oxygen atoms in total. The van der Waals surface area contributed by atoms with E-state index in [9.17, 15) is 14.4 Å². The Kier molecular flexibility index (Phi) is 6.10. The predicted molar refractivity (Wildman–Crippen MR) is 105 cm³/mol. The number of piperidine rings is 2. The number of aromatic amines is 1. The van der Waals surface area contributed by atoms with Crippen LogP contribution in [0, 0.1) is 25.7 Å². The summed E-state index contributed by atoms with van der Waals surface area (Å²) in [5.41, 5.74) is 2.06. The number of carbonyl (C=O) groups excluding carboxylic acids is 3. The minimum absolute atomic E-state index is 0.137. The van der Waals surface area contributed by atoms with Crippen molar-refractivity contribution in [3.63, 3.8) is 0 Å². The van der Waals surface area contributed by atoms with Crippen LogP contribution in [0.25, 0.3) is 0 Å². The van der Waals surface area contributed by atoms with E-state index in [-0.39, 0.29) is 17.7 Å². The molecular weight excluding hydrogens is 358 g/mol. The fourth-order valence-corrected chi connectivity index (χ4v) is 4.38. The molecule has 0 saturated carbocycles. The van der Waals surface area contributed by atoms with Crippen LogP contribution in [-0.2, 0) is 9.53 Å². The molecule has 1 atom stereocenters. The van der Waals surface area contributed by atoms with Crippen LogP contribution in [0.5, 0.6) is 0 Å². The monoisotopic (exact) mass is 389 g/mol. The zero-order valence-corrected chi connectivity index (χ0v) is 17.3. The Morgan fingerprint density at radius 3 is 2.36 bits per heavy atom. The normalized spacial score (nSPS) is 20.9. The maximum atomic E-state index is 13.1. The van der Waals surface area contributed by atoms with Gasteiger partial charge in [0, 0.05) is 31.9 Å². The highest BCUT2D eigenvalue weighted by atomic mass is 16.5. The summed E-state index contributed by atoms with van der Waals surface area (Å²) in [6.07, 6.45) is 3.75. The Hall–Kier alpha value is -2.31. The number of aromatic nitrogens is 1. The zero-order valence-electron chi connectivity index (χ0n) is 17.3. The molecule has 2 aliphatic heterocycles. The number of ether oxygens (including phenoxy) is 1. The first-order valence-corrected chi connectivity index (χ1v) is 10.2. The van der Waals surface area contributed by atoms with Gasteiger partial charge in [-0.15, -0.1) is 0 Å². The van der Waals surface area contributed by atoms with Crippen LogP contribution >= 0.6 is 0 Å². The highest BCUT2D eigenvalue weighted by molar-refractivity contribution is 6.00. The molecule has 154 valence electrons. The maximum absolute atomic E-state index is 13.1. The lowest BCUT2D eigenvalue weighted by Gasteiger charge is -2.37. The minimum Gasteiger partial charge on any atom is -0.465 e. The molecule has 2 fully saturated rings. The van der Waals surface area contributed by atoms with Crippen molar-refractivity contribution in [1.29, 1.82) is 0 Å². The molecule has 7 heteroatoms. The van der Waals surface area contributed by atoms with E-state index in [1.54, 1.807) is 18.7 Å². The van der Waals surface area contributed by atoms with Crippen LogP contribution in [0.1, 0.15) is 64.7 Å². The number of nitrogens with one attached hydrogen (secondary N) is 1. The van der Waals surface area contributed by atoms with Gasteiger partial charge in [0.1, 0.15) is 5.69 Å². The summed E-state index contributed by atoms with van der Waals surface area (Å²) in [5, 5.41) is 0.